The third kappa shape index (κ3) is 2.91. The number of nitro benzene ring substituents is 1. The van der Waals surface area contributed by atoms with E-state index in [9.17, 15) is 18.5 Å². The molecule has 0 aliphatic heterocycles. The zero-order valence-corrected chi connectivity index (χ0v) is 16.8. The maximum atomic E-state index is 12.7. The van der Waals surface area contributed by atoms with E-state index in [0.29, 0.717) is 0 Å². The van der Waals surface area contributed by atoms with E-state index in [0.717, 1.165) is 42.7 Å². The van der Waals surface area contributed by atoms with E-state index in [1.807, 2.05) is 5.38 Å². The number of sulfonamides is 1. The Morgan fingerprint density at radius 2 is 1.71 bits per heavy atom. The van der Waals surface area contributed by atoms with E-state index in [-0.39, 0.29) is 15.4 Å². The highest BCUT2D eigenvalue weighted by molar-refractivity contribution is 7.93. The molecule has 1 aromatic heterocycles. The number of rotatable bonds is 5. The maximum absolute atomic E-state index is 12.7. The molecule has 4 bridgehead atoms. The average molecular weight is 420 g/mol. The van der Waals surface area contributed by atoms with Gasteiger partial charge in [0.2, 0.25) is 0 Å². The van der Waals surface area contributed by atoms with Gasteiger partial charge in [-0.1, -0.05) is 12.1 Å². The predicted octanol–water partition coefficient (Wildman–Crippen LogP) is 4.32. The largest absolute Gasteiger partial charge is 0.289 e. The van der Waals surface area contributed by atoms with Gasteiger partial charge < -0.3 is 0 Å². The Morgan fingerprint density at radius 3 is 2.32 bits per heavy atom. The Morgan fingerprint density at radius 1 is 1.11 bits per heavy atom. The van der Waals surface area contributed by atoms with Crippen molar-refractivity contribution in [3.8, 4) is 0 Å². The molecule has 0 spiro atoms. The second kappa shape index (κ2) is 6.25. The van der Waals surface area contributed by atoms with Gasteiger partial charge in [0.15, 0.2) is 10.0 Å². The van der Waals surface area contributed by atoms with Crippen LogP contribution in [-0.2, 0) is 15.4 Å². The molecule has 2 aromatic rings. The van der Waals surface area contributed by atoms with Crippen molar-refractivity contribution in [3.63, 3.8) is 0 Å². The smallest absolute Gasteiger partial charge is 0.258 e. The van der Waals surface area contributed by atoms with Crippen LogP contribution in [0, 0.1) is 27.9 Å². The van der Waals surface area contributed by atoms with E-state index in [4.69, 9.17) is 0 Å². The fraction of sp³-hybridized carbons (Fsp3) is 0.526. The Kier molecular flexibility index (Phi) is 4.03. The van der Waals surface area contributed by atoms with Crippen LogP contribution in [0.4, 0.5) is 10.8 Å². The molecule has 1 heterocycles. The van der Waals surface area contributed by atoms with Crippen LogP contribution in [0.3, 0.4) is 0 Å². The average Bonchev–Trinajstić information content (AvgIpc) is 3.09. The molecule has 148 valence electrons. The molecular weight excluding hydrogens is 398 g/mol. The van der Waals surface area contributed by atoms with Gasteiger partial charge in [-0.2, -0.15) is 0 Å². The Hall–Kier alpha value is -2.00. The standard InChI is InChI=1S/C19H21N3O4S2/c23-22(24)15-3-1-2-4-16(15)28(25,26)21-18-20-17(11-27-18)19-8-12-5-13(9-19)7-14(6-12)10-19/h1-4,11-14H,5-10H2,(H,20,21). The van der Waals surface area contributed by atoms with Crippen LogP contribution in [0.1, 0.15) is 44.2 Å². The number of thiazole rings is 1. The lowest BCUT2D eigenvalue weighted by molar-refractivity contribution is -0.387. The summed E-state index contributed by atoms with van der Waals surface area (Å²) in [5, 5.41) is 13.4. The molecule has 1 aromatic carbocycles. The number of anilines is 1. The van der Waals surface area contributed by atoms with Crippen molar-refractivity contribution in [2.45, 2.75) is 48.8 Å². The lowest BCUT2D eigenvalue weighted by Gasteiger charge is -2.56. The number of aromatic nitrogens is 1. The summed E-state index contributed by atoms with van der Waals surface area (Å²) in [6.45, 7) is 0. The molecule has 4 aliphatic carbocycles. The Balaban J connectivity index is 1.43. The van der Waals surface area contributed by atoms with Gasteiger partial charge in [-0.25, -0.2) is 13.4 Å². The highest BCUT2D eigenvalue weighted by Crippen LogP contribution is 2.60. The van der Waals surface area contributed by atoms with Gasteiger partial charge >= 0.3 is 0 Å². The van der Waals surface area contributed by atoms with E-state index in [1.165, 1.54) is 54.9 Å². The molecule has 28 heavy (non-hydrogen) atoms. The SMILES string of the molecule is O=[N+]([O-])c1ccccc1S(=O)(=O)Nc1nc(C23CC4CC(CC(C4)C2)C3)cs1. The summed E-state index contributed by atoms with van der Waals surface area (Å²) in [6, 6.07) is 5.36. The van der Waals surface area contributed by atoms with E-state index in [2.05, 4.69) is 9.71 Å². The van der Waals surface area contributed by atoms with Crippen molar-refractivity contribution in [1.29, 1.82) is 0 Å². The minimum Gasteiger partial charge on any atom is -0.258 e. The van der Waals surface area contributed by atoms with Crippen LogP contribution in [0.5, 0.6) is 0 Å². The fourth-order valence-electron chi connectivity index (χ4n) is 5.99. The first-order valence-corrected chi connectivity index (χ1v) is 11.9. The zero-order chi connectivity index (χ0) is 19.5. The Bertz CT molecular complexity index is 1010. The molecule has 0 amide bonds. The molecule has 9 heteroatoms. The van der Waals surface area contributed by atoms with Crippen molar-refractivity contribution < 1.29 is 13.3 Å². The monoisotopic (exact) mass is 419 g/mol. The molecule has 0 radical (unpaired) electrons. The molecule has 6 rings (SSSR count). The number of para-hydroxylation sites is 1. The van der Waals surface area contributed by atoms with Crippen LogP contribution >= 0.6 is 11.3 Å². The van der Waals surface area contributed by atoms with Crippen LogP contribution in [-0.4, -0.2) is 18.3 Å². The number of hydrogen-bond donors (Lipinski definition) is 1. The maximum Gasteiger partial charge on any atom is 0.289 e. The summed E-state index contributed by atoms with van der Waals surface area (Å²) >= 11 is 1.26. The summed E-state index contributed by atoms with van der Waals surface area (Å²) in [7, 11) is -4.08. The second-order valence-electron chi connectivity index (χ2n) is 8.57. The summed E-state index contributed by atoms with van der Waals surface area (Å²) in [4.78, 5) is 14.8. The third-order valence-electron chi connectivity index (χ3n) is 6.66. The molecule has 0 atom stereocenters. The van der Waals surface area contributed by atoms with Crippen molar-refractivity contribution >= 4 is 32.2 Å². The third-order valence-corrected chi connectivity index (χ3v) is 8.93. The topological polar surface area (TPSA) is 102 Å². The highest BCUT2D eigenvalue weighted by atomic mass is 32.2. The molecule has 4 fully saturated rings. The molecule has 0 unspecified atom stereocenters. The summed E-state index contributed by atoms with van der Waals surface area (Å²) in [5.41, 5.74) is 0.651. The Labute approximate surface area is 167 Å². The number of benzene rings is 1. The van der Waals surface area contributed by atoms with Gasteiger partial charge in [-0.15, -0.1) is 11.3 Å². The van der Waals surface area contributed by atoms with Gasteiger partial charge in [-0.3, -0.25) is 14.8 Å². The first-order chi connectivity index (χ1) is 13.3. The molecular formula is C19H21N3O4S2. The predicted molar refractivity (Wildman–Crippen MR) is 106 cm³/mol. The van der Waals surface area contributed by atoms with Gasteiger partial charge in [0.1, 0.15) is 0 Å². The van der Waals surface area contributed by atoms with E-state index in [1.54, 1.807) is 0 Å². The number of hydrogen-bond acceptors (Lipinski definition) is 6. The van der Waals surface area contributed by atoms with Crippen LogP contribution in [0.25, 0.3) is 0 Å². The first kappa shape index (κ1) is 18.1. The van der Waals surface area contributed by atoms with Crippen molar-refractivity contribution in [2.24, 2.45) is 17.8 Å². The van der Waals surface area contributed by atoms with Crippen molar-refractivity contribution in [3.05, 3.63) is 45.5 Å². The van der Waals surface area contributed by atoms with E-state index < -0.39 is 20.6 Å². The number of nitrogens with one attached hydrogen (secondary N) is 1. The quantitative estimate of drug-likeness (QED) is 0.574. The molecule has 0 saturated heterocycles. The summed E-state index contributed by atoms with van der Waals surface area (Å²) < 4.78 is 27.9. The molecule has 7 nitrogen and oxygen atoms in total. The number of nitro groups is 1. The van der Waals surface area contributed by atoms with Crippen LogP contribution < -0.4 is 4.72 Å². The summed E-state index contributed by atoms with van der Waals surface area (Å²) in [5.74, 6) is 2.33. The van der Waals surface area contributed by atoms with Crippen LogP contribution in [0.15, 0.2) is 34.5 Å². The zero-order valence-electron chi connectivity index (χ0n) is 15.2. The van der Waals surface area contributed by atoms with Gasteiger partial charge in [0.05, 0.1) is 10.6 Å². The van der Waals surface area contributed by atoms with Crippen molar-refractivity contribution in [1.82, 2.24) is 4.98 Å². The van der Waals surface area contributed by atoms with Gasteiger partial charge in [0, 0.05) is 16.9 Å². The molecule has 4 aliphatic rings. The highest BCUT2D eigenvalue weighted by Gasteiger charge is 2.52. The number of nitrogens with zero attached hydrogens (tertiary/aromatic N) is 2. The van der Waals surface area contributed by atoms with Gasteiger partial charge in [-0.05, 0) is 62.3 Å². The van der Waals surface area contributed by atoms with E-state index >= 15 is 0 Å². The lowest BCUT2D eigenvalue weighted by atomic mass is 9.49. The first-order valence-electron chi connectivity index (χ1n) is 9.57. The second-order valence-corrected chi connectivity index (χ2v) is 11.1. The molecule has 4 saturated carbocycles. The molecule has 1 N–H and O–H groups in total. The normalized spacial score (nSPS) is 31.1. The minimum atomic E-state index is -4.08. The fourth-order valence-corrected chi connectivity index (χ4v) is 8.25. The minimum absolute atomic E-state index is 0.0910. The summed E-state index contributed by atoms with van der Waals surface area (Å²) in [6.07, 6.45) is 7.46. The lowest BCUT2D eigenvalue weighted by Crippen LogP contribution is -2.48. The van der Waals surface area contributed by atoms with Gasteiger partial charge in [0.25, 0.3) is 15.7 Å². The van der Waals surface area contributed by atoms with Crippen molar-refractivity contribution in [2.75, 3.05) is 4.72 Å². The van der Waals surface area contributed by atoms with Crippen LogP contribution in [0.2, 0.25) is 0 Å².